The highest BCUT2D eigenvalue weighted by Gasteiger charge is 2.34. The molecule has 6 aromatic rings. The monoisotopic (exact) mass is 994 g/mol. The number of aromatic nitrogens is 3. The second-order valence-corrected chi connectivity index (χ2v) is 19.0. The Morgan fingerprint density at radius 1 is 0.736 bits per heavy atom. The van der Waals surface area contributed by atoms with E-state index in [9.17, 15) is 24.0 Å². The van der Waals surface area contributed by atoms with Crippen molar-refractivity contribution in [1.82, 2.24) is 39.3 Å². The van der Waals surface area contributed by atoms with Gasteiger partial charge in [-0.05, 0) is 129 Å². The first-order chi connectivity index (χ1) is 34.4. The van der Waals surface area contributed by atoms with Gasteiger partial charge in [-0.25, -0.2) is 19.1 Å². The number of esters is 2. The lowest BCUT2D eigenvalue weighted by Gasteiger charge is -2.43. The number of carbonyl (C=O) groups excluding carboxylic acids is 4. The summed E-state index contributed by atoms with van der Waals surface area (Å²) in [4.78, 5) is 77.6. The summed E-state index contributed by atoms with van der Waals surface area (Å²) in [5.41, 5.74) is 6.09. The van der Waals surface area contributed by atoms with E-state index in [1.165, 1.54) is 4.57 Å². The van der Waals surface area contributed by atoms with Gasteiger partial charge in [-0.1, -0.05) is 73.8 Å². The summed E-state index contributed by atoms with van der Waals surface area (Å²) >= 11 is 0. The Morgan fingerprint density at radius 3 is 1.97 bits per heavy atom. The Balaban J connectivity index is 0.00000693. The quantitative estimate of drug-likeness (QED) is 0.107. The van der Waals surface area contributed by atoms with Gasteiger partial charge in [0.15, 0.2) is 13.5 Å². The van der Waals surface area contributed by atoms with E-state index in [1.807, 2.05) is 60.5 Å². The Bertz CT molecular complexity index is 3000. The number of piperazine rings is 1. The Hall–Kier alpha value is -7.07. The maximum Gasteiger partial charge on any atom is 0.339 e. The fraction of sp³-hybridized carbons (Fsp3) is 0.357. The zero-order valence-corrected chi connectivity index (χ0v) is 41.9. The van der Waals surface area contributed by atoms with E-state index in [1.54, 1.807) is 70.3 Å². The number of amides is 3. The van der Waals surface area contributed by atoms with E-state index in [0.29, 0.717) is 67.3 Å². The number of likely N-dealkylation sites (tertiary alicyclic amines) is 2. The van der Waals surface area contributed by atoms with Crippen molar-refractivity contribution in [3.63, 3.8) is 0 Å². The fourth-order valence-electron chi connectivity index (χ4n) is 10.3. The Morgan fingerprint density at radius 2 is 1.35 bits per heavy atom. The summed E-state index contributed by atoms with van der Waals surface area (Å²) in [5.74, 6) is -1.28. The maximum absolute atomic E-state index is 14.6. The number of halogens is 1. The number of pyridine rings is 1. The van der Waals surface area contributed by atoms with Crippen molar-refractivity contribution in [2.75, 3.05) is 59.4 Å². The molecule has 3 amide bonds. The molecule has 5 heterocycles. The molecular formula is C56H63ClN8O7. The third-order valence-corrected chi connectivity index (χ3v) is 14.4. The third kappa shape index (κ3) is 11.7. The summed E-state index contributed by atoms with van der Waals surface area (Å²) in [6.45, 7) is 14.8. The summed E-state index contributed by atoms with van der Waals surface area (Å²) in [6, 6.07) is 26.7. The van der Waals surface area contributed by atoms with Gasteiger partial charge < -0.3 is 29.5 Å². The average Bonchev–Trinajstić information content (AvgIpc) is 3.83. The van der Waals surface area contributed by atoms with E-state index in [0.717, 1.165) is 77.6 Å². The van der Waals surface area contributed by atoms with E-state index >= 15 is 0 Å². The summed E-state index contributed by atoms with van der Waals surface area (Å²) in [5, 5.41) is 9.53. The van der Waals surface area contributed by atoms with Gasteiger partial charge in [0, 0.05) is 68.9 Å². The maximum atomic E-state index is 14.6. The zero-order valence-electron chi connectivity index (χ0n) is 41.0. The molecular weight excluding hydrogens is 932 g/mol. The van der Waals surface area contributed by atoms with E-state index in [2.05, 4.69) is 35.3 Å². The SMILES string of the molecule is C=Cc1ccc(C(=O)OCn2cc3cc(C[C@@H](NC(=O)N4CCC(c5cc6ccccc6n(COC(=O)c6ccc(C=C)cc6)c5=O)CC4)C(=O)N4CCN(C5CCN(C)CC5)CC4)cc(C)c3n2)cc1.Cl. The predicted molar refractivity (Wildman–Crippen MR) is 282 cm³/mol. The largest absolute Gasteiger partial charge is 0.440 e. The molecule has 1 N–H and O–H groups in total. The predicted octanol–water partition coefficient (Wildman–Crippen LogP) is 7.74. The number of carbonyl (C=O) groups is 4. The molecule has 0 bridgehead atoms. The first kappa shape index (κ1) is 51.3. The first-order valence-electron chi connectivity index (χ1n) is 24.6. The lowest BCUT2D eigenvalue weighted by atomic mass is 9.89. The standard InChI is InChI=1S/C56H62N8O7.ClH/c1-5-39-11-15-43(16-12-39)54(67)70-36-63-35-46-32-41(31-38(3)51(46)58-63)33-49(53(66)61-29-27-60(28-30-61)47-21-23-59(4)24-22-47)57-56(69)62-25-19-42(20-26-62)48-34-45-9-7-8-10-50(45)64(52(48)65)37-71-55(68)44-17-13-40(6-2)14-18-44;/h5-18,31-32,34-35,42,47,49H,1-2,19-30,33,36-37H2,3-4H3,(H,57,69);1H/t49-;/m1./s1. The van der Waals surface area contributed by atoms with Gasteiger partial charge in [-0.2, -0.15) is 5.10 Å². The van der Waals surface area contributed by atoms with Crippen LogP contribution in [0.15, 0.2) is 115 Å². The number of hydrogen-bond acceptors (Lipinski definition) is 10. The molecule has 0 spiro atoms. The smallest absolute Gasteiger partial charge is 0.339 e. The minimum Gasteiger partial charge on any atom is -0.440 e. The molecule has 2 aromatic heterocycles. The summed E-state index contributed by atoms with van der Waals surface area (Å²) in [7, 11) is 2.16. The molecule has 16 heteroatoms. The molecule has 3 aliphatic heterocycles. The number of para-hydroxylation sites is 1. The molecule has 0 unspecified atom stereocenters. The average molecular weight is 996 g/mol. The van der Waals surface area contributed by atoms with Crippen molar-refractivity contribution in [3.05, 3.63) is 160 Å². The van der Waals surface area contributed by atoms with Gasteiger partial charge in [0.2, 0.25) is 5.91 Å². The highest BCUT2D eigenvalue weighted by Crippen LogP contribution is 2.29. The normalized spacial score (nSPS) is 16.5. The van der Waals surface area contributed by atoms with Crippen LogP contribution < -0.4 is 10.9 Å². The Labute approximate surface area is 426 Å². The minimum absolute atomic E-state index is 0. The van der Waals surface area contributed by atoms with Crippen molar-refractivity contribution < 1.29 is 28.7 Å². The molecule has 1 atom stereocenters. The van der Waals surface area contributed by atoms with Crippen molar-refractivity contribution in [3.8, 4) is 0 Å². The number of aryl methyl sites for hydroxylation is 1. The molecule has 4 aromatic carbocycles. The van der Waals surface area contributed by atoms with Crippen LogP contribution in [0.25, 0.3) is 34.0 Å². The highest BCUT2D eigenvalue weighted by molar-refractivity contribution is 5.91. The lowest BCUT2D eigenvalue weighted by molar-refractivity contribution is -0.135. The van der Waals surface area contributed by atoms with Crippen LogP contribution >= 0.6 is 12.4 Å². The van der Waals surface area contributed by atoms with Crippen LogP contribution in [0.1, 0.15) is 80.1 Å². The number of nitrogens with zero attached hydrogens (tertiary/aromatic N) is 7. The first-order valence-corrected chi connectivity index (χ1v) is 24.6. The number of nitrogens with one attached hydrogen (secondary N) is 1. The van der Waals surface area contributed by atoms with Crippen molar-refractivity contribution >= 4 is 70.2 Å². The highest BCUT2D eigenvalue weighted by atomic mass is 35.5. The Kier molecular flexibility index (Phi) is 16.4. The van der Waals surface area contributed by atoms with Gasteiger partial charge in [-0.3, -0.25) is 19.1 Å². The molecule has 0 aliphatic carbocycles. The number of piperidine rings is 2. The molecule has 0 saturated carbocycles. The summed E-state index contributed by atoms with van der Waals surface area (Å²) in [6.07, 6.45) is 8.78. The van der Waals surface area contributed by atoms with Crippen LogP contribution in [0.5, 0.6) is 0 Å². The van der Waals surface area contributed by atoms with Crippen molar-refractivity contribution in [1.29, 1.82) is 0 Å². The lowest BCUT2D eigenvalue weighted by Crippen LogP contribution is -2.59. The third-order valence-electron chi connectivity index (χ3n) is 14.4. The second-order valence-electron chi connectivity index (χ2n) is 19.0. The van der Waals surface area contributed by atoms with Crippen molar-refractivity contribution in [2.45, 2.75) is 70.5 Å². The van der Waals surface area contributed by atoms with E-state index in [4.69, 9.17) is 14.6 Å². The van der Waals surface area contributed by atoms with Crippen molar-refractivity contribution in [2.24, 2.45) is 0 Å². The van der Waals surface area contributed by atoms with Crippen LogP contribution in [0.3, 0.4) is 0 Å². The van der Waals surface area contributed by atoms with Gasteiger partial charge in [0.05, 0.1) is 22.2 Å². The van der Waals surface area contributed by atoms with Gasteiger partial charge >= 0.3 is 18.0 Å². The van der Waals surface area contributed by atoms with Crippen LogP contribution in [0.4, 0.5) is 4.79 Å². The molecule has 72 heavy (non-hydrogen) atoms. The van der Waals surface area contributed by atoms with Crippen LogP contribution in [0.2, 0.25) is 0 Å². The zero-order chi connectivity index (χ0) is 49.6. The second kappa shape index (κ2) is 23.0. The van der Waals surface area contributed by atoms with Crippen LogP contribution in [0, 0.1) is 6.92 Å². The number of benzene rings is 4. The molecule has 15 nitrogen and oxygen atoms in total. The molecule has 376 valence electrons. The van der Waals surface area contributed by atoms with Gasteiger partial charge in [-0.15, -0.1) is 12.4 Å². The number of rotatable bonds is 14. The molecule has 3 aliphatic rings. The molecule has 3 fully saturated rings. The molecule has 0 radical (unpaired) electrons. The van der Waals surface area contributed by atoms with E-state index in [-0.39, 0.29) is 55.7 Å². The molecule has 3 saturated heterocycles. The number of ether oxygens (including phenoxy) is 2. The molecule has 9 rings (SSSR count). The number of hydrogen-bond donors (Lipinski definition) is 1. The minimum atomic E-state index is -0.842. The van der Waals surface area contributed by atoms with Gasteiger partial charge in [0.25, 0.3) is 5.56 Å². The number of fused-ring (bicyclic) bond motifs is 2. The summed E-state index contributed by atoms with van der Waals surface area (Å²) < 4.78 is 14.4. The van der Waals surface area contributed by atoms with E-state index < -0.39 is 18.0 Å². The van der Waals surface area contributed by atoms with Crippen LogP contribution in [-0.4, -0.2) is 129 Å². The number of urea groups is 1. The topological polar surface area (TPSA) is 152 Å². The van der Waals surface area contributed by atoms with Crippen LogP contribution in [-0.2, 0) is 34.2 Å². The van der Waals surface area contributed by atoms with Gasteiger partial charge in [0.1, 0.15) is 6.04 Å². The fourth-order valence-corrected chi connectivity index (χ4v) is 10.3.